The number of hydrogen-bond donors (Lipinski definition) is 0. The molecule has 5 rings (SSSR count). The Bertz CT molecular complexity index is 736. The zero-order valence-electron chi connectivity index (χ0n) is 16.4. The van der Waals surface area contributed by atoms with Crippen molar-refractivity contribution >= 4 is 5.91 Å². The summed E-state index contributed by atoms with van der Waals surface area (Å²) in [6, 6.07) is 6.07. The summed E-state index contributed by atoms with van der Waals surface area (Å²) in [7, 11) is 0. The normalized spacial score (nSPS) is 28.0. The van der Waals surface area contributed by atoms with E-state index in [1.165, 1.54) is 0 Å². The van der Waals surface area contributed by atoms with Crippen LogP contribution in [-0.4, -0.2) is 86.4 Å². The first-order valence-corrected chi connectivity index (χ1v) is 10.4. The van der Waals surface area contributed by atoms with Gasteiger partial charge in [0.1, 0.15) is 0 Å². The third-order valence-electron chi connectivity index (χ3n) is 6.70. The summed E-state index contributed by atoms with van der Waals surface area (Å²) in [4.78, 5) is 20.1. The summed E-state index contributed by atoms with van der Waals surface area (Å²) in [5.74, 6) is 2.06. The van der Waals surface area contributed by atoms with Crippen LogP contribution in [0.15, 0.2) is 18.2 Å². The Hall–Kier alpha value is -1.83. The molecule has 7 heteroatoms. The zero-order valence-corrected chi connectivity index (χ0v) is 16.4. The minimum absolute atomic E-state index is 0.180. The molecule has 1 unspecified atom stereocenters. The molecule has 1 amide bonds. The number of ether oxygens (including phenoxy) is 3. The number of carbonyl (C=O) groups excluding carboxylic acids is 1. The molecule has 1 aromatic rings. The minimum atomic E-state index is -0.180. The third-order valence-corrected chi connectivity index (χ3v) is 6.70. The molecule has 1 atom stereocenters. The van der Waals surface area contributed by atoms with E-state index in [0.29, 0.717) is 12.7 Å². The van der Waals surface area contributed by atoms with Gasteiger partial charge in [-0.2, -0.15) is 0 Å². The lowest BCUT2D eigenvalue weighted by Gasteiger charge is -2.29. The van der Waals surface area contributed by atoms with Gasteiger partial charge in [-0.25, -0.2) is 0 Å². The first-order valence-electron chi connectivity index (χ1n) is 10.4. The van der Waals surface area contributed by atoms with Crippen molar-refractivity contribution in [3.8, 4) is 11.5 Å². The van der Waals surface area contributed by atoms with E-state index >= 15 is 0 Å². The average Bonchev–Trinajstić information content (AvgIpc) is 3.43. The molecule has 0 bridgehead atoms. The van der Waals surface area contributed by atoms with Crippen LogP contribution >= 0.6 is 0 Å². The minimum Gasteiger partial charge on any atom is -0.454 e. The number of fused-ring (bicyclic) bond motifs is 1. The molecule has 1 aromatic carbocycles. The smallest absolute Gasteiger partial charge is 0.231 e. The van der Waals surface area contributed by atoms with Crippen molar-refractivity contribution in [2.24, 2.45) is 5.41 Å². The van der Waals surface area contributed by atoms with Crippen molar-refractivity contribution in [2.75, 3.05) is 65.8 Å². The Kier molecular flexibility index (Phi) is 4.90. The van der Waals surface area contributed by atoms with Crippen LogP contribution in [0.4, 0.5) is 0 Å². The van der Waals surface area contributed by atoms with Gasteiger partial charge in [0, 0.05) is 51.4 Å². The molecule has 0 aliphatic carbocycles. The summed E-state index contributed by atoms with van der Waals surface area (Å²) >= 11 is 0. The molecule has 4 heterocycles. The Morgan fingerprint density at radius 1 is 0.964 bits per heavy atom. The highest BCUT2D eigenvalue weighted by molar-refractivity contribution is 5.85. The van der Waals surface area contributed by atoms with E-state index in [4.69, 9.17) is 14.2 Å². The van der Waals surface area contributed by atoms with E-state index in [1.807, 2.05) is 12.1 Å². The molecule has 152 valence electrons. The molecule has 3 fully saturated rings. The molecule has 0 aromatic heterocycles. The average molecular weight is 387 g/mol. The molecule has 1 spiro atoms. The summed E-state index contributed by atoms with van der Waals surface area (Å²) in [6.45, 7) is 9.22. The fraction of sp³-hybridized carbons (Fsp3) is 0.667. The second kappa shape index (κ2) is 7.54. The van der Waals surface area contributed by atoms with Gasteiger partial charge in [-0.3, -0.25) is 14.6 Å². The van der Waals surface area contributed by atoms with Crippen molar-refractivity contribution in [3.63, 3.8) is 0 Å². The van der Waals surface area contributed by atoms with Crippen LogP contribution in [-0.2, 0) is 16.1 Å². The Morgan fingerprint density at radius 3 is 2.71 bits per heavy atom. The number of hydrogen-bond acceptors (Lipinski definition) is 6. The van der Waals surface area contributed by atoms with Gasteiger partial charge in [-0.05, 0) is 25.5 Å². The molecule has 4 aliphatic rings. The number of para-hydroxylation sites is 1. The standard InChI is InChI=1S/C21H29N3O4/c25-20-21(5-7-24(20)9-8-22-10-12-26-13-11-22)4-6-23(15-21)14-17-2-1-3-18-19(17)28-16-27-18/h1-3H,4-16H2. The molecule has 28 heavy (non-hydrogen) atoms. The Morgan fingerprint density at radius 2 is 1.82 bits per heavy atom. The van der Waals surface area contributed by atoms with Gasteiger partial charge in [0.15, 0.2) is 11.5 Å². The number of rotatable bonds is 5. The highest BCUT2D eigenvalue weighted by Gasteiger charge is 2.50. The second-order valence-corrected chi connectivity index (χ2v) is 8.39. The van der Waals surface area contributed by atoms with Crippen LogP contribution in [0.2, 0.25) is 0 Å². The van der Waals surface area contributed by atoms with Gasteiger partial charge >= 0.3 is 0 Å². The number of benzene rings is 1. The monoisotopic (exact) mass is 387 g/mol. The summed E-state index contributed by atoms with van der Waals surface area (Å²) in [5, 5.41) is 0. The Labute approximate surface area is 166 Å². The number of likely N-dealkylation sites (tertiary alicyclic amines) is 2. The van der Waals surface area contributed by atoms with E-state index in [0.717, 1.165) is 95.5 Å². The molecule has 0 N–H and O–H groups in total. The topological polar surface area (TPSA) is 54.5 Å². The molecule has 0 radical (unpaired) electrons. The Balaban J connectivity index is 1.18. The highest BCUT2D eigenvalue weighted by atomic mass is 16.7. The van der Waals surface area contributed by atoms with Gasteiger partial charge in [-0.15, -0.1) is 0 Å². The van der Waals surface area contributed by atoms with Gasteiger partial charge in [0.25, 0.3) is 0 Å². The predicted octanol–water partition coefficient (Wildman–Crippen LogP) is 1.17. The van der Waals surface area contributed by atoms with E-state index in [2.05, 4.69) is 20.8 Å². The molecule has 0 saturated carbocycles. The number of carbonyl (C=O) groups is 1. The predicted molar refractivity (Wildman–Crippen MR) is 103 cm³/mol. The lowest BCUT2D eigenvalue weighted by atomic mass is 9.85. The van der Waals surface area contributed by atoms with Crippen molar-refractivity contribution < 1.29 is 19.0 Å². The number of morpholine rings is 1. The molecule has 4 aliphatic heterocycles. The largest absolute Gasteiger partial charge is 0.454 e. The summed E-state index contributed by atoms with van der Waals surface area (Å²) < 4.78 is 16.6. The molecule has 3 saturated heterocycles. The molecular weight excluding hydrogens is 358 g/mol. The van der Waals surface area contributed by atoms with Gasteiger partial charge in [-0.1, -0.05) is 12.1 Å². The first kappa shape index (κ1) is 18.2. The number of nitrogens with zero attached hydrogens (tertiary/aromatic N) is 3. The van der Waals surface area contributed by atoms with E-state index in [-0.39, 0.29) is 5.41 Å². The first-order chi connectivity index (χ1) is 13.7. The van der Waals surface area contributed by atoms with Gasteiger partial charge in [0.05, 0.1) is 18.6 Å². The fourth-order valence-corrected chi connectivity index (χ4v) is 5.02. The zero-order chi connectivity index (χ0) is 19.0. The molecule has 7 nitrogen and oxygen atoms in total. The lowest BCUT2D eigenvalue weighted by molar-refractivity contribution is -0.135. The van der Waals surface area contributed by atoms with E-state index < -0.39 is 0 Å². The highest BCUT2D eigenvalue weighted by Crippen LogP contribution is 2.42. The number of amides is 1. The van der Waals surface area contributed by atoms with Crippen LogP contribution in [0.5, 0.6) is 11.5 Å². The van der Waals surface area contributed by atoms with Gasteiger partial charge < -0.3 is 19.1 Å². The van der Waals surface area contributed by atoms with Crippen LogP contribution in [0.3, 0.4) is 0 Å². The SMILES string of the molecule is O=C1N(CCN2CCOCC2)CCC12CCN(Cc1cccc3c1OCO3)C2. The van der Waals surface area contributed by atoms with Crippen LogP contribution in [0.25, 0.3) is 0 Å². The fourth-order valence-electron chi connectivity index (χ4n) is 5.02. The maximum Gasteiger partial charge on any atom is 0.231 e. The molecular formula is C21H29N3O4. The third kappa shape index (κ3) is 3.36. The van der Waals surface area contributed by atoms with Crippen LogP contribution in [0.1, 0.15) is 18.4 Å². The quantitative estimate of drug-likeness (QED) is 0.756. The van der Waals surface area contributed by atoms with Crippen molar-refractivity contribution in [1.82, 2.24) is 14.7 Å². The maximum absolute atomic E-state index is 13.2. The second-order valence-electron chi connectivity index (χ2n) is 8.39. The van der Waals surface area contributed by atoms with Gasteiger partial charge in [0.2, 0.25) is 12.7 Å². The van der Waals surface area contributed by atoms with Crippen molar-refractivity contribution in [3.05, 3.63) is 23.8 Å². The summed E-state index contributed by atoms with van der Waals surface area (Å²) in [6.07, 6.45) is 1.95. The van der Waals surface area contributed by atoms with Crippen molar-refractivity contribution in [1.29, 1.82) is 0 Å². The van der Waals surface area contributed by atoms with Crippen LogP contribution in [0, 0.1) is 5.41 Å². The summed E-state index contributed by atoms with van der Waals surface area (Å²) in [5.41, 5.74) is 0.974. The maximum atomic E-state index is 13.2. The van der Waals surface area contributed by atoms with E-state index in [1.54, 1.807) is 0 Å². The van der Waals surface area contributed by atoms with E-state index in [9.17, 15) is 4.79 Å². The van der Waals surface area contributed by atoms with Crippen molar-refractivity contribution in [2.45, 2.75) is 19.4 Å². The lowest BCUT2D eigenvalue weighted by Crippen LogP contribution is -2.43. The van der Waals surface area contributed by atoms with Crippen LogP contribution < -0.4 is 9.47 Å².